The summed E-state index contributed by atoms with van der Waals surface area (Å²) in [5.74, 6) is 0.479. The standard InChI is InChI=1S/C7H8ClN3O2S/c1-5-4-10-7(11-5)3-2-6(9)14(8,12)13/h2-4,9H,1H3,(H,10,11)/b3-2-,9-6?. The molecule has 0 aliphatic heterocycles. The Morgan fingerprint density at radius 3 is 2.79 bits per heavy atom. The minimum Gasteiger partial charge on any atom is -0.343 e. The summed E-state index contributed by atoms with van der Waals surface area (Å²) in [5, 5.41) is 6.39. The second-order valence-corrected chi connectivity index (χ2v) is 5.12. The first kappa shape index (κ1) is 10.9. The summed E-state index contributed by atoms with van der Waals surface area (Å²) in [4.78, 5) is 6.74. The Morgan fingerprint density at radius 1 is 1.71 bits per heavy atom. The van der Waals surface area contributed by atoms with Gasteiger partial charge in [-0.2, -0.15) is 0 Å². The van der Waals surface area contributed by atoms with Crippen LogP contribution in [0, 0.1) is 12.3 Å². The molecule has 0 unspecified atom stereocenters. The number of aromatic amines is 1. The number of hydrogen-bond donors (Lipinski definition) is 2. The van der Waals surface area contributed by atoms with E-state index in [1.54, 1.807) is 6.20 Å². The maximum Gasteiger partial charge on any atom is 0.277 e. The van der Waals surface area contributed by atoms with Gasteiger partial charge in [-0.05, 0) is 19.1 Å². The molecule has 0 saturated heterocycles. The molecule has 0 bridgehead atoms. The van der Waals surface area contributed by atoms with Crippen molar-refractivity contribution in [2.75, 3.05) is 0 Å². The summed E-state index contributed by atoms with van der Waals surface area (Å²) in [7, 11) is 0.982. The second-order valence-electron chi connectivity index (χ2n) is 2.59. The quantitative estimate of drug-likeness (QED) is 0.458. The summed E-state index contributed by atoms with van der Waals surface area (Å²) in [6.07, 6.45) is 4.04. The van der Waals surface area contributed by atoms with Gasteiger partial charge in [0.1, 0.15) is 5.82 Å². The number of aryl methyl sites for hydroxylation is 1. The fourth-order valence-corrected chi connectivity index (χ4v) is 1.14. The molecule has 0 spiro atoms. The first-order valence-corrected chi connectivity index (χ1v) is 5.93. The van der Waals surface area contributed by atoms with Crippen molar-refractivity contribution in [3.05, 3.63) is 23.8 Å². The molecule has 0 saturated carbocycles. The third-order valence-electron chi connectivity index (χ3n) is 1.38. The zero-order valence-electron chi connectivity index (χ0n) is 7.28. The lowest BCUT2D eigenvalue weighted by molar-refractivity contribution is 0.619. The van der Waals surface area contributed by atoms with Crippen LogP contribution in [0.3, 0.4) is 0 Å². The van der Waals surface area contributed by atoms with Crippen molar-refractivity contribution in [2.45, 2.75) is 6.92 Å². The maximum atomic E-state index is 10.6. The Hall–Kier alpha value is -1.14. The highest BCUT2D eigenvalue weighted by atomic mass is 35.7. The first-order valence-electron chi connectivity index (χ1n) is 3.62. The van der Waals surface area contributed by atoms with Crippen molar-refractivity contribution in [1.29, 1.82) is 5.41 Å². The van der Waals surface area contributed by atoms with Crippen LogP contribution in [0.2, 0.25) is 0 Å². The third kappa shape index (κ3) is 2.97. The van der Waals surface area contributed by atoms with Gasteiger partial charge in [-0.1, -0.05) is 0 Å². The zero-order chi connectivity index (χ0) is 10.8. The van der Waals surface area contributed by atoms with Gasteiger partial charge in [0.2, 0.25) is 0 Å². The highest BCUT2D eigenvalue weighted by Crippen LogP contribution is 2.03. The van der Waals surface area contributed by atoms with Gasteiger partial charge in [-0.25, -0.2) is 13.4 Å². The lowest BCUT2D eigenvalue weighted by Gasteiger charge is -1.89. The molecule has 0 atom stereocenters. The first-order chi connectivity index (χ1) is 6.39. The zero-order valence-corrected chi connectivity index (χ0v) is 8.85. The Morgan fingerprint density at radius 2 is 2.36 bits per heavy atom. The Bertz CT molecular complexity index is 475. The predicted molar refractivity (Wildman–Crippen MR) is 54.9 cm³/mol. The summed E-state index contributed by atoms with van der Waals surface area (Å²) >= 11 is 0. The van der Waals surface area contributed by atoms with Crippen molar-refractivity contribution in [3.63, 3.8) is 0 Å². The lowest BCUT2D eigenvalue weighted by Crippen LogP contribution is -2.01. The molecule has 76 valence electrons. The normalized spacial score (nSPS) is 12.1. The molecule has 0 aliphatic rings. The van der Waals surface area contributed by atoms with Crippen molar-refractivity contribution >= 4 is 30.9 Å². The summed E-state index contributed by atoms with van der Waals surface area (Å²) < 4.78 is 21.2. The van der Waals surface area contributed by atoms with E-state index in [0.29, 0.717) is 5.82 Å². The molecular weight excluding hydrogens is 226 g/mol. The number of nitrogens with zero attached hydrogens (tertiary/aromatic N) is 1. The SMILES string of the molecule is Cc1cnc(/C=C\C(=N)S(=O)(=O)Cl)[nH]1. The number of nitrogens with one attached hydrogen (secondary N) is 2. The lowest BCUT2D eigenvalue weighted by atomic mass is 10.5. The molecule has 1 aromatic rings. The molecule has 1 aromatic heterocycles. The molecule has 14 heavy (non-hydrogen) atoms. The molecule has 0 fully saturated rings. The van der Waals surface area contributed by atoms with Gasteiger partial charge in [-0.3, -0.25) is 5.41 Å². The Balaban J connectivity index is 2.80. The number of hydrogen-bond acceptors (Lipinski definition) is 4. The van der Waals surface area contributed by atoms with E-state index in [-0.39, 0.29) is 0 Å². The summed E-state index contributed by atoms with van der Waals surface area (Å²) in [6.45, 7) is 1.81. The average Bonchev–Trinajstić information content (AvgIpc) is 2.45. The van der Waals surface area contributed by atoms with Crippen LogP contribution in [0.15, 0.2) is 12.3 Å². The second kappa shape index (κ2) is 3.93. The van der Waals surface area contributed by atoms with Crippen molar-refractivity contribution in [3.8, 4) is 0 Å². The molecule has 0 aliphatic carbocycles. The van der Waals surface area contributed by atoms with E-state index < -0.39 is 14.1 Å². The highest BCUT2D eigenvalue weighted by molar-refractivity contribution is 8.25. The van der Waals surface area contributed by atoms with E-state index in [0.717, 1.165) is 11.8 Å². The molecule has 1 rings (SSSR count). The van der Waals surface area contributed by atoms with Gasteiger partial charge < -0.3 is 4.98 Å². The van der Waals surface area contributed by atoms with Gasteiger partial charge in [0.25, 0.3) is 9.05 Å². The van der Waals surface area contributed by atoms with Gasteiger partial charge in [0, 0.05) is 22.6 Å². The van der Waals surface area contributed by atoms with Gasteiger partial charge >= 0.3 is 0 Å². The van der Waals surface area contributed by atoms with E-state index in [9.17, 15) is 8.42 Å². The Kier molecular flexibility index (Phi) is 3.07. The van der Waals surface area contributed by atoms with Crippen molar-refractivity contribution in [2.24, 2.45) is 0 Å². The van der Waals surface area contributed by atoms with Crippen molar-refractivity contribution < 1.29 is 8.42 Å². The smallest absolute Gasteiger partial charge is 0.277 e. The van der Waals surface area contributed by atoms with E-state index in [1.807, 2.05) is 6.92 Å². The number of imidazole rings is 1. The molecule has 0 radical (unpaired) electrons. The molecule has 2 N–H and O–H groups in total. The van der Waals surface area contributed by atoms with E-state index >= 15 is 0 Å². The van der Waals surface area contributed by atoms with Crippen LogP contribution in [-0.4, -0.2) is 23.4 Å². The summed E-state index contributed by atoms with van der Waals surface area (Å²) in [6, 6.07) is 0. The topological polar surface area (TPSA) is 86.7 Å². The summed E-state index contributed by atoms with van der Waals surface area (Å²) in [5.41, 5.74) is 0.852. The minimum atomic E-state index is -3.94. The monoisotopic (exact) mass is 233 g/mol. The highest BCUT2D eigenvalue weighted by Gasteiger charge is 2.09. The third-order valence-corrected chi connectivity index (χ3v) is 2.54. The molecule has 0 amide bonds. The van der Waals surface area contributed by atoms with E-state index in [2.05, 4.69) is 9.97 Å². The van der Waals surface area contributed by atoms with E-state index in [1.165, 1.54) is 6.08 Å². The number of halogens is 1. The number of H-pyrrole nitrogens is 1. The minimum absolute atomic E-state index is 0.479. The maximum absolute atomic E-state index is 10.6. The van der Waals surface area contributed by atoms with Crippen LogP contribution in [0.25, 0.3) is 6.08 Å². The number of rotatable bonds is 2. The molecule has 0 aromatic carbocycles. The van der Waals surface area contributed by atoms with Crippen LogP contribution in [0.1, 0.15) is 11.5 Å². The van der Waals surface area contributed by atoms with Gasteiger partial charge in [0.05, 0.1) is 0 Å². The van der Waals surface area contributed by atoms with Crippen LogP contribution < -0.4 is 0 Å². The average molecular weight is 234 g/mol. The predicted octanol–water partition coefficient (Wildman–Crippen LogP) is 1.28. The van der Waals surface area contributed by atoms with Gasteiger partial charge in [0.15, 0.2) is 5.04 Å². The Labute approximate surface area is 85.7 Å². The molecule has 7 heteroatoms. The van der Waals surface area contributed by atoms with Crippen LogP contribution in [0.4, 0.5) is 0 Å². The molecular formula is C7H8ClN3O2S. The van der Waals surface area contributed by atoms with Crippen LogP contribution in [-0.2, 0) is 9.05 Å². The van der Waals surface area contributed by atoms with Crippen LogP contribution in [0.5, 0.6) is 0 Å². The largest absolute Gasteiger partial charge is 0.343 e. The fourth-order valence-electron chi connectivity index (χ4n) is 0.754. The van der Waals surface area contributed by atoms with Gasteiger partial charge in [-0.15, -0.1) is 0 Å². The van der Waals surface area contributed by atoms with Crippen LogP contribution >= 0.6 is 10.7 Å². The molecule has 5 nitrogen and oxygen atoms in total. The van der Waals surface area contributed by atoms with E-state index in [4.69, 9.17) is 16.1 Å². The fraction of sp³-hybridized carbons (Fsp3) is 0.143. The van der Waals surface area contributed by atoms with Crippen molar-refractivity contribution in [1.82, 2.24) is 9.97 Å². The molecule has 1 heterocycles. The number of aromatic nitrogens is 2.